The van der Waals surface area contributed by atoms with Crippen molar-refractivity contribution in [1.29, 1.82) is 0 Å². The minimum Gasteiger partial charge on any atom is -0.358 e. The normalized spacial score (nSPS) is 10.6. The molecular formula is C6H2F3IN2O2. The fraction of sp³-hybridized carbons (Fsp3) is 0.167. The molecule has 1 aromatic rings. The molecule has 0 saturated heterocycles. The zero-order chi connectivity index (χ0) is 10.9. The summed E-state index contributed by atoms with van der Waals surface area (Å²) in [5.41, 5.74) is -0.645. The Bertz CT molecular complexity index is 386. The van der Waals surface area contributed by atoms with Gasteiger partial charge in [0.05, 0.1) is 9.13 Å². The number of hydrogen-bond acceptors (Lipinski definition) is 3. The van der Waals surface area contributed by atoms with Gasteiger partial charge in [0, 0.05) is 0 Å². The van der Waals surface area contributed by atoms with E-state index < -0.39 is 32.1 Å². The van der Waals surface area contributed by atoms with Crippen molar-refractivity contribution in [2.75, 3.05) is 0 Å². The Morgan fingerprint density at radius 3 is 2.57 bits per heavy atom. The maximum Gasteiger partial charge on any atom is 0.400 e. The predicted molar refractivity (Wildman–Crippen MR) is 48.5 cm³/mol. The monoisotopic (exact) mass is 318 g/mol. The molecule has 0 atom stereocenters. The molecule has 0 aliphatic heterocycles. The Labute approximate surface area is 89.4 Å². The van der Waals surface area contributed by atoms with E-state index in [0.717, 1.165) is 0 Å². The average Bonchev–Trinajstić information content (AvgIpc) is 2.08. The first-order chi connectivity index (χ1) is 6.45. The Kier molecular flexibility index (Phi) is 3.24. The van der Waals surface area contributed by atoms with E-state index in [1.807, 2.05) is 0 Å². The van der Waals surface area contributed by atoms with Gasteiger partial charge in [0.15, 0.2) is 6.20 Å². The molecule has 0 N–H and O–H groups in total. The van der Waals surface area contributed by atoms with Crippen LogP contribution in [0.4, 0.5) is 19.0 Å². The van der Waals surface area contributed by atoms with E-state index >= 15 is 0 Å². The molecule has 0 radical (unpaired) electrons. The van der Waals surface area contributed by atoms with E-state index in [9.17, 15) is 23.3 Å². The lowest BCUT2D eigenvalue weighted by atomic mass is 10.3. The average molecular weight is 318 g/mol. The van der Waals surface area contributed by atoms with Crippen molar-refractivity contribution in [2.24, 2.45) is 0 Å². The van der Waals surface area contributed by atoms with Crippen LogP contribution in [-0.4, -0.2) is 9.91 Å². The van der Waals surface area contributed by atoms with Gasteiger partial charge >= 0.3 is 5.82 Å². The molecule has 4 nitrogen and oxygen atoms in total. The van der Waals surface area contributed by atoms with Gasteiger partial charge in [-0.1, -0.05) is 0 Å². The Morgan fingerprint density at radius 2 is 2.14 bits per heavy atom. The third-order valence-corrected chi connectivity index (χ3v) is 2.47. The molecular weight excluding hydrogens is 316 g/mol. The minimum atomic E-state index is -2.90. The van der Waals surface area contributed by atoms with Crippen LogP contribution < -0.4 is 0 Å². The quantitative estimate of drug-likeness (QED) is 0.478. The van der Waals surface area contributed by atoms with Crippen LogP contribution in [0.5, 0.6) is 0 Å². The lowest BCUT2D eigenvalue weighted by Gasteiger charge is -2.01. The van der Waals surface area contributed by atoms with Crippen LogP contribution in [0.3, 0.4) is 0 Å². The maximum absolute atomic E-state index is 13.0. The highest BCUT2D eigenvalue weighted by molar-refractivity contribution is 14.1. The molecule has 0 aliphatic rings. The van der Waals surface area contributed by atoms with Crippen molar-refractivity contribution in [3.8, 4) is 0 Å². The SMILES string of the molecule is O=[N+]([O-])c1ncc(C(F)F)c(I)c1F. The number of pyridine rings is 1. The standard InChI is InChI=1S/C6H2F3IN2O2/c7-3-4(10)2(5(8)9)1-11-6(3)12(13)14/h1,5H. The molecule has 0 fully saturated rings. The highest BCUT2D eigenvalue weighted by atomic mass is 127. The summed E-state index contributed by atoms with van der Waals surface area (Å²) in [5, 5.41) is 10.2. The van der Waals surface area contributed by atoms with Crippen LogP contribution in [0.25, 0.3) is 0 Å². The zero-order valence-electron chi connectivity index (χ0n) is 6.38. The second-order valence-corrected chi connectivity index (χ2v) is 3.30. The molecule has 0 aliphatic carbocycles. The fourth-order valence-electron chi connectivity index (χ4n) is 0.748. The first-order valence-electron chi connectivity index (χ1n) is 3.21. The Hall–Kier alpha value is -0.930. The molecule has 14 heavy (non-hydrogen) atoms. The molecule has 8 heteroatoms. The van der Waals surface area contributed by atoms with E-state index in [0.29, 0.717) is 6.20 Å². The third-order valence-electron chi connectivity index (χ3n) is 1.38. The van der Waals surface area contributed by atoms with Gasteiger partial charge in [-0.05, 0) is 32.5 Å². The number of hydrogen-bond donors (Lipinski definition) is 0. The number of aromatic nitrogens is 1. The van der Waals surface area contributed by atoms with Crippen LogP contribution in [-0.2, 0) is 0 Å². The molecule has 0 unspecified atom stereocenters. The number of nitrogens with zero attached hydrogens (tertiary/aromatic N) is 2. The van der Waals surface area contributed by atoms with Crippen LogP contribution in [0, 0.1) is 19.5 Å². The molecule has 0 amide bonds. The lowest BCUT2D eigenvalue weighted by Crippen LogP contribution is -2.02. The van der Waals surface area contributed by atoms with Gasteiger partial charge in [0.2, 0.25) is 5.82 Å². The summed E-state index contributed by atoms with van der Waals surface area (Å²) in [6, 6.07) is 0. The summed E-state index contributed by atoms with van der Waals surface area (Å²) in [7, 11) is 0. The predicted octanol–water partition coefficient (Wildman–Crippen LogP) is 2.67. The van der Waals surface area contributed by atoms with Gasteiger partial charge in [0.1, 0.15) is 0 Å². The Morgan fingerprint density at radius 1 is 1.57 bits per heavy atom. The zero-order valence-corrected chi connectivity index (χ0v) is 8.53. The van der Waals surface area contributed by atoms with Crippen molar-refractivity contribution in [3.05, 3.63) is 31.3 Å². The second-order valence-electron chi connectivity index (χ2n) is 2.22. The maximum atomic E-state index is 13.0. The van der Waals surface area contributed by atoms with Gasteiger partial charge in [-0.2, -0.15) is 4.39 Å². The van der Waals surface area contributed by atoms with Crippen molar-refractivity contribution >= 4 is 28.4 Å². The third kappa shape index (κ3) is 1.94. The Balaban J connectivity index is 3.33. The number of nitro groups is 1. The molecule has 1 heterocycles. The number of alkyl halides is 2. The van der Waals surface area contributed by atoms with Gasteiger partial charge in [-0.3, -0.25) is 0 Å². The summed E-state index contributed by atoms with van der Waals surface area (Å²) in [4.78, 5) is 12.1. The van der Waals surface area contributed by atoms with Crippen molar-refractivity contribution in [1.82, 2.24) is 4.98 Å². The topological polar surface area (TPSA) is 56.0 Å². The molecule has 76 valence electrons. The molecule has 1 aromatic heterocycles. The molecule has 1 rings (SSSR count). The lowest BCUT2D eigenvalue weighted by molar-refractivity contribution is -0.392. The molecule has 0 saturated carbocycles. The molecule has 0 spiro atoms. The van der Waals surface area contributed by atoms with Crippen molar-refractivity contribution in [2.45, 2.75) is 6.43 Å². The summed E-state index contributed by atoms with van der Waals surface area (Å²) < 4.78 is 36.9. The van der Waals surface area contributed by atoms with Crippen LogP contribution in [0.2, 0.25) is 0 Å². The summed E-state index contributed by atoms with van der Waals surface area (Å²) >= 11 is 1.28. The smallest absolute Gasteiger partial charge is 0.358 e. The number of halogens is 4. The highest BCUT2D eigenvalue weighted by Gasteiger charge is 2.25. The van der Waals surface area contributed by atoms with E-state index in [-0.39, 0.29) is 0 Å². The fourth-order valence-corrected chi connectivity index (χ4v) is 1.36. The summed E-state index contributed by atoms with van der Waals surface area (Å²) in [5.74, 6) is -2.37. The first kappa shape index (κ1) is 11.1. The van der Waals surface area contributed by atoms with Crippen molar-refractivity contribution < 1.29 is 18.1 Å². The van der Waals surface area contributed by atoms with Gasteiger partial charge in [-0.25, -0.2) is 8.78 Å². The van der Waals surface area contributed by atoms with Gasteiger partial charge in [0.25, 0.3) is 6.43 Å². The van der Waals surface area contributed by atoms with E-state index in [4.69, 9.17) is 0 Å². The van der Waals surface area contributed by atoms with E-state index in [1.165, 1.54) is 22.6 Å². The summed E-state index contributed by atoms with van der Waals surface area (Å²) in [6.07, 6.45) is -2.29. The largest absolute Gasteiger partial charge is 0.400 e. The summed E-state index contributed by atoms with van der Waals surface area (Å²) in [6.45, 7) is 0. The highest BCUT2D eigenvalue weighted by Crippen LogP contribution is 2.28. The minimum absolute atomic E-state index is 0.473. The second kappa shape index (κ2) is 4.07. The molecule has 0 aromatic carbocycles. The number of rotatable bonds is 2. The molecule has 0 bridgehead atoms. The first-order valence-corrected chi connectivity index (χ1v) is 4.29. The van der Waals surface area contributed by atoms with E-state index in [1.54, 1.807) is 0 Å². The van der Waals surface area contributed by atoms with Gasteiger partial charge in [-0.15, -0.1) is 0 Å². The van der Waals surface area contributed by atoms with Gasteiger partial charge < -0.3 is 10.1 Å². The van der Waals surface area contributed by atoms with E-state index in [2.05, 4.69) is 4.98 Å². The van der Waals surface area contributed by atoms with Crippen LogP contribution in [0.1, 0.15) is 12.0 Å². The van der Waals surface area contributed by atoms with Crippen molar-refractivity contribution in [3.63, 3.8) is 0 Å². The van der Waals surface area contributed by atoms with Crippen LogP contribution >= 0.6 is 22.6 Å². The van der Waals surface area contributed by atoms with Crippen LogP contribution in [0.15, 0.2) is 6.20 Å².